The topological polar surface area (TPSA) is 66.6 Å². The zero-order chi connectivity index (χ0) is 14.2. The number of anilines is 1. The third kappa shape index (κ3) is 3.03. The number of rotatable bonds is 2. The Labute approximate surface area is 118 Å². The van der Waals surface area contributed by atoms with E-state index in [1.165, 1.54) is 6.07 Å². The predicted molar refractivity (Wildman–Crippen MR) is 72.8 cm³/mol. The zero-order valence-corrected chi connectivity index (χ0v) is 12.0. The molecule has 2 rings (SSSR count). The number of aliphatic hydroxyl groups is 1. The highest BCUT2D eigenvalue weighted by atomic mass is 79.9. The average molecular weight is 333 g/mol. The van der Waals surface area contributed by atoms with Crippen molar-refractivity contribution in [3.05, 3.63) is 32.5 Å². The molecule has 0 atom stereocenters. The van der Waals surface area contributed by atoms with Gasteiger partial charge in [-0.05, 0) is 41.8 Å². The van der Waals surface area contributed by atoms with E-state index in [0.717, 1.165) is 6.07 Å². The smallest absolute Gasteiger partial charge is 0.295 e. The molecule has 7 heteroatoms. The summed E-state index contributed by atoms with van der Waals surface area (Å²) < 4.78 is 13.6. The molecule has 0 saturated carbocycles. The zero-order valence-electron chi connectivity index (χ0n) is 10.4. The van der Waals surface area contributed by atoms with Crippen molar-refractivity contribution in [2.24, 2.45) is 0 Å². The van der Waals surface area contributed by atoms with Crippen molar-refractivity contribution < 1.29 is 14.4 Å². The van der Waals surface area contributed by atoms with Crippen LogP contribution in [0.5, 0.6) is 0 Å². The predicted octanol–water partition coefficient (Wildman–Crippen LogP) is 2.85. The molecule has 1 aromatic rings. The Bertz CT molecular complexity index is 512. The first-order valence-electron chi connectivity index (χ1n) is 5.91. The van der Waals surface area contributed by atoms with Gasteiger partial charge in [-0.2, -0.15) is 0 Å². The maximum atomic E-state index is 13.4. The first kappa shape index (κ1) is 14.2. The monoisotopic (exact) mass is 332 g/mol. The molecule has 1 aliphatic heterocycles. The van der Waals surface area contributed by atoms with E-state index in [4.69, 9.17) is 0 Å². The Hall–Kier alpha value is -1.21. The first-order valence-corrected chi connectivity index (χ1v) is 6.70. The van der Waals surface area contributed by atoms with E-state index in [-0.39, 0.29) is 10.2 Å². The SMILES string of the molecule is CC1(O)CCN(c2cc(Br)c(F)cc2[N+](=O)[O-])CC1. The maximum absolute atomic E-state index is 13.4. The second-order valence-corrected chi connectivity index (χ2v) is 5.85. The van der Waals surface area contributed by atoms with Gasteiger partial charge < -0.3 is 10.0 Å². The number of hydrogen-bond acceptors (Lipinski definition) is 4. The Morgan fingerprint density at radius 3 is 2.58 bits per heavy atom. The molecular formula is C12H14BrFN2O3. The van der Waals surface area contributed by atoms with Crippen LogP contribution in [0, 0.1) is 15.9 Å². The fourth-order valence-electron chi connectivity index (χ4n) is 2.15. The third-order valence-corrected chi connectivity index (χ3v) is 4.00. The molecule has 0 aromatic heterocycles. The normalized spacial score (nSPS) is 18.4. The van der Waals surface area contributed by atoms with Crippen LogP contribution in [-0.4, -0.2) is 28.7 Å². The Balaban J connectivity index is 2.34. The van der Waals surface area contributed by atoms with Crippen LogP contribution in [0.15, 0.2) is 16.6 Å². The maximum Gasteiger partial charge on any atom is 0.295 e. The van der Waals surface area contributed by atoms with Crippen molar-refractivity contribution >= 4 is 27.3 Å². The fourth-order valence-corrected chi connectivity index (χ4v) is 2.49. The minimum Gasteiger partial charge on any atom is -0.390 e. The summed E-state index contributed by atoms with van der Waals surface area (Å²) in [6.07, 6.45) is 1.05. The van der Waals surface area contributed by atoms with E-state index in [0.29, 0.717) is 31.6 Å². The van der Waals surface area contributed by atoms with Gasteiger partial charge in [-0.25, -0.2) is 4.39 Å². The molecular weight excluding hydrogens is 319 g/mol. The number of nitro groups is 1. The van der Waals surface area contributed by atoms with E-state index >= 15 is 0 Å². The minimum atomic E-state index is -0.734. The standard InChI is InChI=1S/C12H14BrFN2O3/c1-12(17)2-4-15(5-3-12)10-6-8(13)9(14)7-11(10)16(18)19/h6-7,17H,2-5H2,1H3. The van der Waals surface area contributed by atoms with Gasteiger partial charge >= 0.3 is 0 Å². The number of benzene rings is 1. The van der Waals surface area contributed by atoms with Gasteiger partial charge in [0.1, 0.15) is 11.5 Å². The van der Waals surface area contributed by atoms with Crippen molar-refractivity contribution in [1.82, 2.24) is 0 Å². The number of hydrogen-bond donors (Lipinski definition) is 1. The van der Waals surface area contributed by atoms with Crippen LogP contribution >= 0.6 is 15.9 Å². The summed E-state index contributed by atoms with van der Waals surface area (Å²) in [5, 5.41) is 20.9. The van der Waals surface area contributed by atoms with Crippen molar-refractivity contribution in [3.63, 3.8) is 0 Å². The highest BCUT2D eigenvalue weighted by molar-refractivity contribution is 9.10. The van der Waals surface area contributed by atoms with Gasteiger partial charge in [0.2, 0.25) is 0 Å². The van der Waals surface area contributed by atoms with Crippen LogP contribution in [-0.2, 0) is 0 Å². The van der Waals surface area contributed by atoms with Crippen molar-refractivity contribution in [3.8, 4) is 0 Å². The Kier molecular flexibility index (Phi) is 3.78. The molecule has 19 heavy (non-hydrogen) atoms. The first-order chi connectivity index (χ1) is 8.80. The summed E-state index contributed by atoms with van der Waals surface area (Å²) in [6.45, 7) is 2.76. The van der Waals surface area contributed by atoms with E-state index < -0.39 is 16.3 Å². The van der Waals surface area contributed by atoms with E-state index in [1.54, 1.807) is 11.8 Å². The molecule has 1 fully saturated rings. The molecule has 0 spiro atoms. The summed E-state index contributed by atoms with van der Waals surface area (Å²) in [5.74, 6) is -0.653. The second-order valence-electron chi connectivity index (χ2n) is 5.00. The lowest BCUT2D eigenvalue weighted by molar-refractivity contribution is -0.384. The summed E-state index contributed by atoms with van der Waals surface area (Å²) in [5.41, 5.74) is -0.598. The second kappa shape index (κ2) is 5.05. The largest absolute Gasteiger partial charge is 0.390 e. The lowest BCUT2D eigenvalue weighted by Crippen LogP contribution is -2.42. The molecule has 1 aliphatic rings. The van der Waals surface area contributed by atoms with Gasteiger partial charge in [-0.1, -0.05) is 0 Å². The average Bonchev–Trinajstić information content (AvgIpc) is 2.32. The molecule has 0 unspecified atom stereocenters. The van der Waals surface area contributed by atoms with Gasteiger partial charge in [-0.15, -0.1) is 0 Å². The van der Waals surface area contributed by atoms with E-state index in [2.05, 4.69) is 15.9 Å². The number of halogens is 2. The van der Waals surface area contributed by atoms with E-state index in [1.807, 2.05) is 0 Å². The molecule has 0 aliphatic carbocycles. The van der Waals surface area contributed by atoms with Crippen molar-refractivity contribution in [1.29, 1.82) is 0 Å². The molecule has 1 saturated heterocycles. The highest BCUT2D eigenvalue weighted by Crippen LogP contribution is 2.36. The highest BCUT2D eigenvalue weighted by Gasteiger charge is 2.30. The van der Waals surface area contributed by atoms with Crippen molar-refractivity contribution in [2.75, 3.05) is 18.0 Å². The van der Waals surface area contributed by atoms with Crippen molar-refractivity contribution in [2.45, 2.75) is 25.4 Å². The van der Waals surface area contributed by atoms with Gasteiger partial charge in [0.25, 0.3) is 5.69 Å². The Morgan fingerprint density at radius 1 is 1.47 bits per heavy atom. The van der Waals surface area contributed by atoms with Gasteiger partial charge in [-0.3, -0.25) is 10.1 Å². The lowest BCUT2D eigenvalue weighted by Gasteiger charge is -2.36. The molecule has 0 bridgehead atoms. The van der Waals surface area contributed by atoms with Crippen LogP contribution in [0.1, 0.15) is 19.8 Å². The molecule has 1 aromatic carbocycles. The Morgan fingerprint density at radius 2 is 2.05 bits per heavy atom. The summed E-state index contributed by atoms with van der Waals surface area (Å²) in [4.78, 5) is 12.2. The van der Waals surface area contributed by atoms with Gasteiger partial charge in [0.05, 0.1) is 21.1 Å². The fraction of sp³-hybridized carbons (Fsp3) is 0.500. The van der Waals surface area contributed by atoms with E-state index in [9.17, 15) is 19.6 Å². The van der Waals surface area contributed by atoms with Crippen LogP contribution in [0.3, 0.4) is 0 Å². The number of nitro benzene ring substituents is 1. The quantitative estimate of drug-likeness (QED) is 0.668. The molecule has 104 valence electrons. The third-order valence-electron chi connectivity index (χ3n) is 3.40. The van der Waals surface area contributed by atoms with Gasteiger partial charge in [0.15, 0.2) is 0 Å². The molecule has 5 nitrogen and oxygen atoms in total. The summed E-state index contributed by atoms with van der Waals surface area (Å²) in [7, 11) is 0. The molecule has 1 heterocycles. The lowest BCUT2D eigenvalue weighted by atomic mass is 9.93. The van der Waals surface area contributed by atoms with Gasteiger partial charge in [0, 0.05) is 13.1 Å². The van der Waals surface area contributed by atoms with Crippen LogP contribution in [0.2, 0.25) is 0 Å². The summed E-state index contributed by atoms with van der Waals surface area (Å²) >= 11 is 3.04. The molecule has 0 amide bonds. The molecule has 1 N–H and O–H groups in total. The van der Waals surface area contributed by atoms with Crippen LogP contribution in [0.4, 0.5) is 15.8 Å². The number of nitrogens with zero attached hydrogens (tertiary/aromatic N) is 2. The van der Waals surface area contributed by atoms with Crippen LogP contribution < -0.4 is 4.90 Å². The summed E-state index contributed by atoms with van der Waals surface area (Å²) in [6, 6.07) is 2.35. The molecule has 0 radical (unpaired) electrons. The number of piperidine rings is 1. The van der Waals surface area contributed by atoms with Crippen LogP contribution in [0.25, 0.3) is 0 Å². The minimum absolute atomic E-state index is 0.199.